The first-order chi connectivity index (χ1) is 13.7. The summed E-state index contributed by atoms with van der Waals surface area (Å²) in [6.07, 6.45) is -0.321. The highest BCUT2D eigenvalue weighted by Gasteiger charge is 2.41. The highest BCUT2D eigenvalue weighted by atomic mass is 32.2. The van der Waals surface area contributed by atoms with Crippen LogP contribution in [-0.4, -0.2) is 32.3 Å². The summed E-state index contributed by atoms with van der Waals surface area (Å²) in [6, 6.07) is 8.41. The molecule has 9 nitrogen and oxygen atoms in total. The summed E-state index contributed by atoms with van der Waals surface area (Å²) in [5, 5.41) is 21.6. The Balaban J connectivity index is 1.72. The Hall–Kier alpha value is -3.40. The molecule has 3 rings (SSSR count). The Morgan fingerprint density at radius 1 is 1.21 bits per heavy atom. The topological polar surface area (TPSA) is 130 Å². The van der Waals surface area contributed by atoms with E-state index in [0.717, 1.165) is 46.0 Å². The number of amides is 3. The van der Waals surface area contributed by atoms with Gasteiger partial charge in [0.2, 0.25) is 11.8 Å². The predicted molar refractivity (Wildman–Crippen MR) is 108 cm³/mol. The van der Waals surface area contributed by atoms with Gasteiger partial charge < -0.3 is 10.4 Å². The number of benzene rings is 2. The van der Waals surface area contributed by atoms with Gasteiger partial charge in [-0.05, 0) is 54.9 Å². The molecule has 0 spiro atoms. The molecule has 2 N–H and O–H groups in total. The minimum Gasteiger partial charge on any atom is -0.506 e. The molecule has 1 atom stereocenters. The molecule has 0 aliphatic carbocycles. The molecule has 1 saturated heterocycles. The Labute approximate surface area is 169 Å². The van der Waals surface area contributed by atoms with E-state index in [2.05, 4.69) is 5.32 Å². The number of phenols is 1. The summed E-state index contributed by atoms with van der Waals surface area (Å²) in [5.41, 5.74) is 1.94. The van der Waals surface area contributed by atoms with Crippen molar-refractivity contribution in [3.63, 3.8) is 0 Å². The number of nitrogens with zero attached hydrogens (tertiary/aromatic N) is 2. The largest absolute Gasteiger partial charge is 0.506 e. The minimum atomic E-state index is -0.926. The van der Waals surface area contributed by atoms with E-state index < -0.39 is 27.2 Å². The van der Waals surface area contributed by atoms with Gasteiger partial charge in [-0.25, -0.2) is 4.90 Å². The van der Waals surface area contributed by atoms with Gasteiger partial charge in [-0.2, -0.15) is 0 Å². The number of aromatic hydroxyl groups is 1. The number of imide groups is 1. The van der Waals surface area contributed by atoms with Gasteiger partial charge in [0.25, 0.3) is 10.9 Å². The molecule has 2 aromatic carbocycles. The number of nitro groups is 1. The Kier molecular flexibility index (Phi) is 5.55. The first-order valence-corrected chi connectivity index (χ1v) is 9.44. The van der Waals surface area contributed by atoms with Crippen LogP contribution >= 0.6 is 11.8 Å². The van der Waals surface area contributed by atoms with Crippen LogP contribution in [0.1, 0.15) is 17.5 Å². The number of non-ortho nitro benzene ring substituents is 1. The van der Waals surface area contributed by atoms with E-state index in [9.17, 15) is 29.6 Å². The second-order valence-corrected chi connectivity index (χ2v) is 7.68. The molecule has 1 heterocycles. The lowest BCUT2D eigenvalue weighted by molar-refractivity contribution is -0.384. The first kappa shape index (κ1) is 20.3. The van der Waals surface area contributed by atoms with Crippen molar-refractivity contribution in [2.75, 3.05) is 10.2 Å². The third-order valence-electron chi connectivity index (χ3n) is 4.51. The lowest BCUT2D eigenvalue weighted by Crippen LogP contribution is -2.33. The lowest BCUT2D eigenvalue weighted by atomic mass is 10.1. The van der Waals surface area contributed by atoms with Gasteiger partial charge in [0.15, 0.2) is 0 Å². The number of anilines is 2. The van der Waals surface area contributed by atoms with Crippen LogP contribution < -0.4 is 10.2 Å². The first-order valence-electron chi connectivity index (χ1n) is 8.56. The zero-order valence-electron chi connectivity index (χ0n) is 15.5. The fourth-order valence-electron chi connectivity index (χ4n) is 2.79. The van der Waals surface area contributed by atoms with Gasteiger partial charge in [0, 0.05) is 18.6 Å². The molecule has 1 aliphatic heterocycles. The molecule has 0 saturated carbocycles. The van der Waals surface area contributed by atoms with Crippen molar-refractivity contribution >= 4 is 45.9 Å². The smallest absolute Gasteiger partial charge is 0.293 e. The number of aryl methyl sites for hydroxylation is 2. The van der Waals surface area contributed by atoms with E-state index in [0.29, 0.717) is 5.69 Å². The monoisotopic (exact) mass is 415 g/mol. The lowest BCUT2D eigenvalue weighted by Gasteiger charge is -2.15. The van der Waals surface area contributed by atoms with E-state index in [1.165, 1.54) is 0 Å². The number of thioether (sulfide) groups is 1. The Morgan fingerprint density at radius 2 is 1.93 bits per heavy atom. The second kappa shape index (κ2) is 7.92. The SMILES string of the molecule is Cc1ccc(N2C(=O)SC(CC(=O)Nc3cc([N+](=O)[O-])ccc3O)C2=O)cc1C. The third-order valence-corrected chi connectivity index (χ3v) is 5.54. The van der Waals surface area contributed by atoms with Crippen molar-refractivity contribution in [1.82, 2.24) is 0 Å². The number of carbonyl (C=O) groups is 3. The van der Waals surface area contributed by atoms with Crippen LogP contribution in [0.2, 0.25) is 0 Å². The number of phenolic OH excluding ortho intramolecular Hbond substituents is 1. The summed E-state index contributed by atoms with van der Waals surface area (Å²) < 4.78 is 0. The highest BCUT2D eigenvalue weighted by Crippen LogP contribution is 2.35. The van der Waals surface area contributed by atoms with Crippen molar-refractivity contribution in [3.8, 4) is 5.75 Å². The zero-order valence-corrected chi connectivity index (χ0v) is 16.4. The van der Waals surface area contributed by atoms with Gasteiger partial charge in [-0.15, -0.1) is 0 Å². The van der Waals surface area contributed by atoms with Gasteiger partial charge >= 0.3 is 0 Å². The molecule has 10 heteroatoms. The van der Waals surface area contributed by atoms with Crippen molar-refractivity contribution < 1.29 is 24.4 Å². The van der Waals surface area contributed by atoms with Crippen LogP contribution in [0, 0.1) is 24.0 Å². The molecule has 3 amide bonds. The van der Waals surface area contributed by atoms with E-state index in [4.69, 9.17) is 0 Å². The van der Waals surface area contributed by atoms with Crippen molar-refractivity contribution in [3.05, 3.63) is 57.6 Å². The van der Waals surface area contributed by atoms with Crippen LogP contribution in [0.3, 0.4) is 0 Å². The second-order valence-electron chi connectivity index (χ2n) is 6.53. The molecular weight excluding hydrogens is 398 g/mol. The van der Waals surface area contributed by atoms with Gasteiger partial charge in [0.1, 0.15) is 11.0 Å². The number of hydrogen-bond acceptors (Lipinski definition) is 7. The van der Waals surface area contributed by atoms with Gasteiger partial charge in [-0.3, -0.25) is 24.5 Å². The Morgan fingerprint density at radius 3 is 2.59 bits per heavy atom. The summed E-state index contributed by atoms with van der Waals surface area (Å²) in [4.78, 5) is 48.5. The number of hydrogen-bond donors (Lipinski definition) is 2. The molecule has 29 heavy (non-hydrogen) atoms. The van der Waals surface area contributed by atoms with E-state index in [-0.39, 0.29) is 23.5 Å². The molecule has 0 bridgehead atoms. The van der Waals surface area contributed by atoms with Gasteiger partial charge in [-0.1, -0.05) is 6.07 Å². The number of carbonyl (C=O) groups excluding carboxylic acids is 3. The van der Waals surface area contributed by atoms with E-state index >= 15 is 0 Å². The number of rotatable bonds is 5. The van der Waals surface area contributed by atoms with Crippen LogP contribution in [0.15, 0.2) is 36.4 Å². The summed E-state index contributed by atoms with van der Waals surface area (Å²) in [5.74, 6) is -1.51. The number of nitro benzene ring substituents is 1. The summed E-state index contributed by atoms with van der Waals surface area (Å²) >= 11 is 0.744. The molecule has 2 aromatic rings. The fraction of sp³-hybridized carbons (Fsp3) is 0.211. The highest BCUT2D eigenvalue weighted by molar-refractivity contribution is 8.15. The van der Waals surface area contributed by atoms with E-state index in [1.807, 2.05) is 13.8 Å². The molecule has 150 valence electrons. The molecule has 1 fully saturated rings. The maximum absolute atomic E-state index is 12.7. The normalized spacial score (nSPS) is 16.2. The molecular formula is C19H17N3O6S. The van der Waals surface area contributed by atoms with Crippen LogP contribution in [0.5, 0.6) is 5.75 Å². The van der Waals surface area contributed by atoms with Crippen molar-refractivity contribution in [1.29, 1.82) is 0 Å². The number of nitrogens with one attached hydrogen (secondary N) is 1. The molecule has 0 radical (unpaired) electrons. The van der Waals surface area contributed by atoms with Crippen LogP contribution in [-0.2, 0) is 9.59 Å². The van der Waals surface area contributed by atoms with Crippen LogP contribution in [0.4, 0.5) is 21.9 Å². The van der Waals surface area contributed by atoms with Crippen LogP contribution in [0.25, 0.3) is 0 Å². The maximum Gasteiger partial charge on any atom is 0.293 e. The Bertz CT molecular complexity index is 1040. The standard InChI is InChI=1S/C19H17N3O6S/c1-10-3-4-12(7-11(10)2)21-18(25)16(29-19(21)26)9-17(24)20-14-8-13(22(27)28)5-6-15(14)23/h3-8,16,23H,9H2,1-2H3,(H,20,24). The predicted octanol–water partition coefficient (Wildman–Crippen LogP) is 3.51. The molecule has 1 unspecified atom stereocenters. The van der Waals surface area contributed by atoms with E-state index in [1.54, 1.807) is 18.2 Å². The minimum absolute atomic E-state index is 0.142. The summed E-state index contributed by atoms with van der Waals surface area (Å²) in [7, 11) is 0. The quantitative estimate of drug-likeness (QED) is 0.434. The summed E-state index contributed by atoms with van der Waals surface area (Å²) in [6.45, 7) is 3.78. The molecule has 0 aromatic heterocycles. The zero-order chi connectivity index (χ0) is 21.3. The third kappa shape index (κ3) is 4.21. The van der Waals surface area contributed by atoms with Crippen molar-refractivity contribution in [2.24, 2.45) is 0 Å². The van der Waals surface area contributed by atoms with Gasteiger partial charge in [0.05, 0.1) is 16.3 Å². The molecule has 1 aliphatic rings. The average molecular weight is 415 g/mol. The fourth-order valence-corrected chi connectivity index (χ4v) is 3.78. The average Bonchev–Trinajstić information content (AvgIpc) is 2.92. The van der Waals surface area contributed by atoms with Crippen molar-refractivity contribution in [2.45, 2.75) is 25.5 Å². The maximum atomic E-state index is 12.7.